The van der Waals surface area contributed by atoms with Crippen molar-refractivity contribution in [3.63, 3.8) is 0 Å². The zero-order valence-corrected chi connectivity index (χ0v) is 28.3. The number of rotatable bonds is 6. The fourth-order valence-electron chi connectivity index (χ4n) is 7.56. The molecule has 1 aliphatic rings. The first-order valence-corrected chi connectivity index (χ1v) is 17.4. The number of pyridine rings is 1. The van der Waals surface area contributed by atoms with Crippen molar-refractivity contribution in [2.45, 2.75) is 5.41 Å². The summed E-state index contributed by atoms with van der Waals surface area (Å²) in [5, 5.41) is 9.34. The van der Waals surface area contributed by atoms with E-state index in [1.807, 2.05) is 48.5 Å². The third kappa shape index (κ3) is 5.35. The van der Waals surface area contributed by atoms with Gasteiger partial charge in [-0.2, -0.15) is 5.26 Å². The first-order valence-electron chi connectivity index (χ1n) is 17.4. The van der Waals surface area contributed by atoms with Crippen LogP contribution in [0.3, 0.4) is 0 Å². The molecule has 0 spiro atoms. The normalized spacial score (nSPS) is 12.5. The molecule has 0 unspecified atom stereocenters. The number of fused-ring (bicyclic) bond motifs is 2. The van der Waals surface area contributed by atoms with E-state index in [0.717, 1.165) is 67.4 Å². The van der Waals surface area contributed by atoms with Gasteiger partial charge >= 0.3 is 0 Å². The van der Waals surface area contributed by atoms with E-state index in [1.165, 1.54) is 11.1 Å². The Labute approximate surface area is 303 Å². The first-order chi connectivity index (χ1) is 25.7. The first kappa shape index (κ1) is 31.0. The second kappa shape index (κ2) is 13.0. The molecule has 8 aromatic rings. The number of nitrogens with zero attached hydrogens (tertiary/aromatic N) is 2. The number of aromatic nitrogens is 1. The minimum Gasteiger partial charge on any atom is -0.457 e. The van der Waals surface area contributed by atoms with Gasteiger partial charge in [0.25, 0.3) is 0 Å². The van der Waals surface area contributed by atoms with Gasteiger partial charge in [-0.3, -0.25) is 0 Å². The molecule has 2 heterocycles. The lowest BCUT2D eigenvalue weighted by Crippen LogP contribution is -2.34. The fourth-order valence-corrected chi connectivity index (χ4v) is 7.56. The van der Waals surface area contributed by atoms with E-state index in [2.05, 4.69) is 152 Å². The maximum atomic E-state index is 9.34. The number of ether oxygens (including phenoxy) is 1. The Morgan fingerprint density at radius 3 is 1.52 bits per heavy atom. The molecule has 7 aromatic carbocycles. The van der Waals surface area contributed by atoms with Crippen LogP contribution in [0, 0.1) is 11.3 Å². The van der Waals surface area contributed by atoms with Crippen LogP contribution < -0.4 is 4.74 Å². The Balaban J connectivity index is 1.13. The second-order valence-electron chi connectivity index (χ2n) is 13.1. The van der Waals surface area contributed by atoms with Crippen LogP contribution in [0.15, 0.2) is 194 Å². The molecule has 244 valence electrons. The van der Waals surface area contributed by atoms with Gasteiger partial charge in [-0.15, -0.1) is 0 Å². The summed E-state index contributed by atoms with van der Waals surface area (Å²) in [6.07, 6.45) is 0. The highest BCUT2D eigenvalue weighted by atomic mass is 16.5. The smallest absolute Gasteiger partial charge is 0.132 e. The van der Waals surface area contributed by atoms with Crippen molar-refractivity contribution in [2.24, 2.45) is 0 Å². The number of hydrogen-bond donors (Lipinski definition) is 0. The van der Waals surface area contributed by atoms with Crippen molar-refractivity contribution in [3.8, 4) is 62.3 Å². The molecular weight excluding hydrogens is 633 g/mol. The number of benzene rings is 7. The highest BCUT2D eigenvalue weighted by molar-refractivity contribution is 5.79. The summed E-state index contributed by atoms with van der Waals surface area (Å²) in [4.78, 5) is 5.12. The number of nitriles is 1. The van der Waals surface area contributed by atoms with Gasteiger partial charge in [0, 0.05) is 22.3 Å². The molecular formula is C49H32N2O. The molecule has 0 N–H and O–H groups in total. The van der Waals surface area contributed by atoms with Crippen LogP contribution in [0.1, 0.15) is 27.8 Å². The zero-order chi connectivity index (χ0) is 34.9. The maximum absolute atomic E-state index is 9.34. The maximum Gasteiger partial charge on any atom is 0.132 e. The van der Waals surface area contributed by atoms with Gasteiger partial charge in [-0.1, -0.05) is 158 Å². The molecule has 1 aromatic heterocycles. The third-order valence-corrected chi connectivity index (χ3v) is 10.1. The van der Waals surface area contributed by atoms with Gasteiger partial charge < -0.3 is 4.74 Å². The van der Waals surface area contributed by atoms with Crippen molar-refractivity contribution in [1.82, 2.24) is 4.98 Å². The van der Waals surface area contributed by atoms with Gasteiger partial charge in [0.05, 0.1) is 28.4 Å². The molecule has 9 rings (SSSR count). The minimum absolute atomic E-state index is 0.544. The van der Waals surface area contributed by atoms with Crippen LogP contribution in [-0.4, -0.2) is 4.98 Å². The Hall–Kier alpha value is -7.02. The Morgan fingerprint density at radius 1 is 0.404 bits per heavy atom. The largest absolute Gasteiger partial charge is 0.457 e. The number of para-hydroxylation sites is 1. The summed E-state index contributed by atoms with van der Waals surface area (Å²) in [5.74, 6) is 1.70. The van der Waals surface area contributed by atoms with Crippen molar-refractivity contribution in [2.75, 3.05) is 0 Å². The van der Waals surface area contributed by atoms with Crippen LogP contribution in [0.25, 0.3) is 44.8 Å². The lowest BCUT2D eigenvalue weighted by atomic mass is 9.63. The summed E-state index contributed by atoms with van der Waals surface area (Å²) in [5.41, 5.74) is 12.8. The summed E-state index contributed by atoms with van der Waals surface area (Å²) in [6.45, 7) is 0. The minimum atomic E-state index is -0.544. The van der Waals surface area contributed by atoms with E-state index in [-0.39, 0.29) is 0 Å². The van der Waals surface area contributed by atoms with E-state index >= 15 is 0 Å². The standard InChI is InChI=1S/C49H32N2O/c50-33-34-20-22-36(23-21-34)40-30-45(37-12-4-1-5-13-37)51-46(31-40)38-26-24-35(25-27-38)39-28-29-44-48(32-39)52-47-19-11-10-18-43(47)49(44,41-14-6-2-7-15-41)42-16-8-3-9-17-42/h1-32H. The second-order valence-corrected chi connectivity index (χ2v) is 13.1. The molecule has 0 saturated heterocycles. The molecule has 0 saturated carbocycles. The SMILES string of the molecule is N#Cc1ccc(-c2cc(-c3ccccc3)nc(-c3ccc(-c4ccc5c(c4)Oc4ccccc4C5(c4ccccc4)c4ccccc4)cc3)c2)cc1. The average molecular weight is 665 g/mol. The predicted molar refractivity (Wildman–Crippen MR) is 209 cm³/mol. The monoisotopic (exact) mass is 664 g/mol. The third-order valence-electron chi connectivity index (χ3n) is 10.1. The Bertz CT molecular complexity index is 2530. The Kier molecular flexibility index (Phi) is 7.76. The van der Waals surface area contributed by atoms with E-state index in [1.54, 1.807) is 0 Å². The molecule has 0 aliphatic carbocycles. The summed E-state index contributed by atoms with van der Waals surface area (Å²) in [6, 6.07) is 69.5. The van der Waals surface area contributed by atoms with Gasteiger partial charge in [0.15, 0.2) is 0 Å². The van der Waals surface area contributed by atoms with Gasteiger partial charge in [-0.05, 0) is 69.8 Å². The van der Waals surface area contributed by atoms with Crippen LogP contribution in [0.5, 0.6) is 11.5 Å². The van der Waals surface area contributed by atoms with Crippen LogP contribution in [-0.2, 0) is 5.41 Å². The Morgan fingerprint density at radius 2 is 0.885 bits per heavy atom. The number of hydrogen-bond acceptors (Lipinski definition) is 3. The van der Waals surface area contributed by atoms with Crippen molar-refractivity contribution in [3.05, 3.63) is 222 Å². The average Bonchev–Trinajstić information content (AvgIpc) is 3.23. The van der Waals surface area contributed by atoms with Crippen molar-refractivity contribution >= 4 is 0 Å². The summed E-state index contributed by atoms with van der Waals surface area (Å²) < 4.78 is 6.73. The van der Waals surface area contributed by atoms with Crippen LogP contribution in [0.2, 0.25) is 0 Å². The topological polar surface area (TPSA) is 45.9 Å². The zero-order valence-electron chi connectivity index (χ0n) is 28.3. The highest BCUT2D eigenvalue weighted by Crippen LogP contribution is 2.55. The molecule has 0 fully saturated rings. The lowest BCUT2D eigenvalue weighted by Gasteiger charge is -2.41. The van der Waals surface area contributed by atoms with E-state index < -0.39 is 5.41 Å². The molecule has 3 nitrogen and oxygen atoms in total. The molecule has 0 atom stereocenters. The quantitative estimate of drug-likeness (QED) is 0.178. The van der Waals surface area contributed by atoms with E-state index in [0.29, 0.717) is 5.56 Å². The summed E-state index contributed by atoms with van der Waals surface area (Å²) >= 11 is 0. The highest BCUT2D eigenvalue weighted by Gasteiger charge is 2.45. The van der Waals surface area contributed by atoms with Crippen LogP contribution >= 0.6 is 0 Å². The van der Waals surface area contributed by atoms with Gasteiger partial charge in [0.1, 0.15) is 11.5 Å². The van der Waals surface area contributed by atoms with Gasteiger partial charge in [-0.25, -0.2) is 4.98 Å². The van der Waals surface area contributed by atoms with Gasteiger partial charge in [0.2, 0.25) is 0 Å². The van der Waals surface area contributed by atoms with Crippen LogP contribution in [0.4, 0.5) is 0 Å². The molecule has 0 radical (unpaired) electrons. The van der Waals surface area contributed by atoms with E-state index in [4.69, 9.17) is 9.72 Å². The molecule has 3 heteroatoms. The molecule has 52 heavy (non-hydrogen) atoms. The van der Waals surface area contributed by atoms with E-state index in [9.17, 15) is 5.26 Å². The molecule has 1 aliphatic heterocycles. The van der Waals surface area contributed by atoms with Crippen molar-refractivity contribution < 1.29 is 4.74 Å². The lowest BCUT2D eigenvalue weighted by molar-refractivity contribution is 0.435. The fraction of sp³-hybridized carbons (Fsp3) is 0.0204. The molecule has 0 amide bonds. The predicted octanol–water partition coefficient (Wildman–Crippen LogP) is 12.1. The summed E-state index contributed by atoms with van der Waals surface area (Å²) in [7, 11) is 0. The molecule has 0 bridgehead atoms. The van der Waals surface area contributed by atoms with Crippen molar-refractivity contribution in [1.29, 1.82) is 5.26 Å².